The second-order valence-electron chi connectivity index (χ2n) is 4.55. The minimum Gasteiger partial charge on any atom is -0.258 e. The molecule has 0 heterocycles. The van der Waals surface area contributed by atoms with E-state index in [0.717, 1.165) is 4.47 Å². The Labute approximate surface area is 141 Å². The van der Waals surface area contributed by atoms with Crippen LogP contribution >= 0.6 is 15.9 Å². The fraction of sp³-hybridized carbons (Fsp3) is 0.0714. The Morgan fingerprint density at radius 3 is 2.22 bits per heavy atom. The van der Waals surface area contributed by atoms with Crippen molar-refractivity contribution < 1.29 is 13.3 Å². The highest BCUT2D eigenvalue weighted by atomic mass is 79.9. The molecule has 2 aromatic rings. The van der Waals surface area contributed by atoms with E-state index in [9.17, 15) is 18.5 Å². The molecule has 2 aromatic carbocycles. The first kappa shape index (κ1) is 17.1. The van der Waals surface area contributed by atoms with Crippen LogP contribution < -0.4 is 4.83 Å². The number of non-ortho nitro benzene ring substituents is 1. The highest BCUT2D eigenvalue weighted by Crippen LogP contribution is 2.15. The Morgan fingerprint density at radius 2 is 1.70 bits per heavy atom. The van der Waals surface area contributed by atoms with E-state index < -0.39 is 14.9 Å². The summed E-state index contributed by atoms with van der Waals surface area (Å²) in [5, 5.41) is 14.4. The summed E-state index contributed by atoms with van der Waals surface area (Å²) < 4.78 is 25.0. The Morgan fingerprint density at radius 1 is 1.13 bits per heavy atom. The van der Waals surface area contributed by atoms with Crippen LogP contribution in [0.25, 0.3) is 0 Å². The molecule has 0 bridgehead atoms. The van der Waals surface area contributed by atoms with Gasteiger partial charge >= 0.3 is 0 Å². The number of hydrogen-bond donors (Lipinski definition) is 1. The molecule has 7 nitrogen and oxygen atoms in total. The van der Waals surface area contributed by atoms with Crippen LogP contribution in [0.4, 0.5) is 5.69 Å². The topological polar surface area (TPSA) is 102 Å². The SMILES string of the molecule is CC(=NNS(=O)(=O)c1ccc(Br)cc1)c1ccc([N+](=O)[O-])cc1. The smallest absolute Gasteiger partial charge is 0.258 e. The van der Waals surface area contributed by atoms with Gasteiger partial charge in [-0.25, -0.2) is 0 Å². The normalized spacial score (nSPS) is 12.0. The number of rotatable bonds is 5. The summed E-state index contributed by atoms with van der Waals surface area (Å²) in [4.78, 5) is 12.3. The molecule has 0 radical (unpaired) electrons. The lowest BCUT2D eigenvalue weighted by molar-refractivity contribution is -0.384. The minimum atomic E-state index is -3.77. The quantitative estimate of drug-likeness (QED) is 0.475. The van der Waals surface area contributed by atoms with Gasteiger partial charge in [0.2, 0.25) is 0 Å². The van der Waals surface area contributed by atoms with Crippen LogP contribution in [-0.2, 0) is 10.0 Å². The standard InChI is InChI=1S/C14H12BrN3O4S/c1-10(11-2-6-13(7-3-11)18(19)20)16-17-23(21,22)14-8-4-12(15)5-9-14/h2-9,17H,1H3. The van der Waals surface area contributed by atoms with Crippen molar-refractivity contribution in [2.45, 2.75) is 11.8 Å². The van der Waals surface area contributed by atoms with Crippen LogP contribution in [0.1, 0.15) is 12.5 Å². The van der Waals surface area contributed by atoms with Crippen molar-refractivity contribution in [3.63, 3.8) is 0 Å². The largest absolute Gasteiger partial charge is 0.276 e. The van der Waals surface area contributed by atoms with E-state index in [4.69, 9.17) is 0 Å². The summed E-state index contributed by atoms with van der Waals surface area (Å²) in [6.07, 6.45) is 0. The molecule has 0 unspecified atom stereocenters. The van der Waals surface area contributed by atoms with Crippen molar-refractivity contribution >= 4 is 37.4 Å². The van der Waals surface area contributed by atoms with E-state index in [-0.39, 0.29) is 10.6 Å². The van der Waals surface area contributed by atoms with Gasteiger partial charge < -0.3 is 0 Å². The highest BCUT2D eigenvalue weighted by molar-refractivity contribution is 9.10. The predicted molar refractivity (Wildman–Crippen MR) is 89.8 cm³/mol. The lowest BCUT2D eigenvalue weighted by Gasteiger charge is -2.05. The van der Waals surface area contributed by atoms with Crippen LogP contribution in [0.15, 0.2) is 63.0 Å². The first-order chi connectivity index (χ1) is 10.8. The Kier molecular flexibility index (Phi) is 5.12. The number of nitro groups is 1. The number of nitro benzene ring substituents is 1. The number of halogens is 1. The van der Waals surface area contributed by atoms with E-state index in [2.05, 4.69) is 25.9 Å². The molecule has 0 aliphatic heterocycles. The van der Waals surface area contributed by atoms with Crippen LogP contribution in [0.3, 0.4) is 0 Å². The molecule has 0 saturated heterocycles. The van der Waals surface area contributed by atoms with Crippen LogP contribution in [0, 0.1) is 10.1 Å². The molecule has 0 spiro atoms. The third kappa shape index (κ3) is 4.36. The Bertz CT molecular complexity index is 847. The lowest BCUT2D eigenvalue weighted by atomic mass is 10.1. The number of hydrogen-bond acceptors (Lipinski definition) is 5. The van der Waals surface area contributed by atoms with Gasteiger partial charge in [0.25, 0.3) is 15.7 Å². The summed E-state index contributed by atoms with van der Waals surface area (Å²) >= 11 is 3.23. The molecule has 0 saturated carbocycles. The number of hydrazone groups is 1. The zero-order valence-electron chi connectivity index (χ0n) is 11.9. The summed E-state index contributed by atoms with van der Waals surface area (Å²) in [6.45, 7) is 1.60. The fourth-order valence-electron chi connectivity index (χ4n) is 1.68. The van der Waals surface area contributed by atoms with Gasteiger partial charge in [-0.15, -0.1) is 0 Å². The summed E-state index contributed by atoms with van der Waals surface area (Å²) in [5.74, 6) is 0. The Hall–Kier alpha value is -2.26. The maximum Gasteiger partial charge on any atom is 0.276 e. The van der Waals surface area contributed by atoms with Gasteiger partial charge in [-0.1, -0.05) is 15.9 Å². The van der Waals surface area contributed by atoms with Crippen molar-refractivity contribution in [2.75, 3.05) is 0 Å². The number of nitrogens with one attached hydrogen (secondary N) is 1. The molecule has 1 N–H and O–H groups in total. The van der Waals surface area contributed by atoms with E-state index in [1.165, 1.54) is 36.4 Å². The zero-order valence-corrected chi connectivity index (χ0v) is 14.3. The molecule has 0 fully saturated rings. The molecular formula is C14H12BrN3O4S. The molecular weight excluding hydrogens is 386 g/mol. The van der Waals surface area contributed by atoms with Gasteiger partial charge in [-0.2, -0.15) is 18.4 Å². The minimum absolute atomic E-state index is 0.0445. The van der Waals surface area contributed by atoms with E-state index in [1.54, 1.807) is 19.1 Å². The molecule has 9 heteroatoms. The van der Waals surface area contributed by atoms with Crippen molar-refractivity contribution in [1.29, 1.82) is 0 Å². The van der Waals surface area contributed by atoms with Gasteiger partial charge in [0.15, 0.2) is 0 Å². The van der Waals surface area contributed by atoms with Crippen LogP contribution in [-0.4, -0.2) is 19.1 Å². The van der Waals surface area contributed by atoms with Crippen molar-refractivity contribution in [3.05, 3.63) is 68.7 Å². The van der Waals surface area contributed by atoms with Crippen molar-refractivity contribution in [3.8, 4) is 0 Å². The molecule has 120 valence electrons. The second-order valence-corrected chi connectivity index (χ2v) is 7.13. The summed E-state index contributed by atoms with van der Waals surface area (Å²) in [5.41, 5.74) is 0.923. The van der Waals surface area contributed by atoms with Crippen LogP contribution in [0.5, 0.6) is 0 Å². The second kappa shape index (κ2) is 6.88. The molecule has 0 atom stereocenters. The first-order valence-electron chi connectivity index (χ1n) is 6.36. The zero-order chi connectivity index (χ0) is 17.0. The number of nitrogens with zero attached hydrogens (tertiary/aromatic N) is 2. The predicted octanol–water partition coefficient (Wildman–Crippen LogP) is 3.06. The molecule has 2 rings (SSSR count). The van der Waals surface area contributed by atoms with Gasteiger partial charge in [0, 0.05) is 16.6 Å². The van der Waals surface area contributed by atoms with Gasteiger partial charge in [-0.3, -0.25) is 10.1 Å². The summed E-state index contributed by atoms with van der Waals surface area (Å²) in [7, 11) is -3.77. The Balaban J connectivity index is 2.18. The molecule has 0 amide bonds. The van der Waals surface area contributed by atoms with E-state index in [1.807, 2.05) is 0 Å². The maximum atomic E-state index is 12.1. The van der Waals surface area contributed by atoms with Crippen molar-refractivity contribution in [2.24, 2.45) is 5.10 Å². The lowest BCUT2D eigenvalue weighted by Crippen LogP contribution is -2.19. The maximum absolute atomic E-state index is 12.1. The van der Waals surface area contributed by atoms with Gasteiger partial charge in [0.1, 0.15) is 0 Å². The fourth-order valence-corrected chi connectivity index (χ4v) is 2.81. The average molecular weight is 398 g/mol. The monoisotopic (exact) mass is 397 g/mol. The molecule has 0 aliphatic rings. The molecule has 0 aliphatic carbocycles. The third-order valence-corrected chi connectivity index (χ3v) is 4.71. The van der Waals surface area contributed by atoms with Gasteiger partial charge in [0.05, 0.1) is 15.5 Å². The number of benzene rings is 2. The van der Waals surface area contributed by atoms with Gasteiger partial charge in [-0.05, 0) is 48.9 Å². The third-order valence-electron chi connectivity index (χ3n) is 2.95. The first-order valence-corrected chi connectivity index (χ1v) is 8.64. The average Bonchev–Trinajstić information content (AvgIpc) is 2.53. The summed E-state index contributed by atoms with van der Waals surface area (Å²) in [6, 6.07) is 11.8. The molecule has 23 heavy (non-hydrogen) atoms. The molecule has 0 aromatic heterocycles. The van der Waals surface area contributed by atoms with E-state index >= 15 is 0 Å². The van der Waals surface area contributed by atoms with Crippen molar-refractivity contribution in [1.82, 2.24) is 4.83 Å². The van der Waals surface area contributed by atoms with Crippen LogP contribution in [0.2, 0.25) is 0 Å². The van der Waals surface area contributed by atoms with E-state index in [0.29, 0.717) is 11.3 Å². The number of sulfonamides is 1. The highest BCUT2D eigenvalue weighted by Gasteiger charge is 2.13.